The van der Waals surface area contributed by atoms with Crippen LogP contribution in [0.15, 0.2) is 28.2 Å². The monoisotopic (exact) mass is 255 g/mol. The van der Waals surface area contributed by atoms with Gasteiger partial charge in [-0.15, -0.1) is 23.1 Å². The minimum Gasteiger partial charge on any atom is -0.444 e. The van der Waals surface area contributed by atoms with Gasteiger partial charge in [0.1, 0.15) is 6.26 Å². The Morgan fingerprint density at radius 3 is 3.19 bits per heavy atom. The zero-order chi connectivity index (χ0) is 11.4. The molecule has 0 aliphatic heterocycles. The molecule has 0 aliphatic rings. The third-order valence-electron chi connectivity index (χ3n) is 2.06. The molecule has 86 valence electrons. The molecule has 2 aromatic heterocycles. The van der Waals surface area contributed by atoms with Crippen LogP contribution in [0.1, 0.15) is 12.6 Å². The van der Waals surface area contributed by atoms with E-state index in [4.69, 9.17) is 9.52 Å². The van der Waals surface area contributed by atoms with Crippen molar-refractivity contribution in [3.63, 3.8) is 0 Å². The summed E-state index contributed by atoms with van der Waals surface area (Å²) in [4.78, 5) is 5.45. The highest BCUT2D eigenvalue weighted by molar-refractivity contribution is 7.99. The molecule has 0 fully saturated rings. The van der Waals surface area contributed by atoms with Gasteiger partial charge >= 0.3 is 0 Å². The fourth-order valence-corrected chi connectivity index (χ4v) is 2.52. The van der Waals surface area contributed by atoms with E-state index >= 15 is 0 Å². The minimum absolute atomic E-state index is 0.195. The number of hydrogen-bond acceptors (Lipinski definition) is 5. The van der Waals surface area contributed by atoms with E-state index in [-0.39, 0.29) is 11.9 Å². The van der Waals surface area contributed by atoms with Crippen molar-refractivity contribution in [2.24, 2.45) is 0 Å². The van der Waals surface area contributed by atoms with E-state index in [2.05, 4.69) is 4.98 Å². The third-order valence-corrected chi connectivity index (χ3v) is 4.09. The first-order valence-corrected chi connectivity index (χ1v) is 6.93. The summed E-state index contributed by atoms with van der Waals surface area (Å²) in [6, 6.07) is 3.97. The number of hydrogen-bond donors (Lipinski definition) is 1. The SMILES string of the molecule is CC(CO)SCc1coc(-c2cccs2)n1. The molecule has 0 radical (unpaired) electrons. The molecular formula is C11H13NO2S2. The largest absolute Gasteiger partial charge is 0.444 e. The lowest BCUT2D eigenvalue weighted by molar-refractivity contribution is 0.300. The summed E-state index contributed by atoms with van der Waals surface area (Å²) >= 11 is 3.29. The number of aliphatic hydroxyl groups excluding tert-OH is 1. The molecule has 0 saturated heterocycles. The van der Waals surface area contributed by atoms with E-state index in [1.807, 2.05) is 24.4 Å². The quantitative estimate of drug-likeness (QED) is 0.892. The Morgan fingerprint density at radius 2 is 2.50 bits per heavy atom. The second-order valence-electron chi connectivity index (χ2n) is 3.43. The van der Waals surface area contributed by atoms with Crippen LogP contribution in [0.25, 0.3) is 10.8 Å². The maximum Gasteiger partial charge on any atom is 0.236 e. The van der Waals surface area contributed by atoms with E-state index in [1.54, 1.807) is 29.4 Å². The van der Waals surface area contributed by atoms with Crippen LogP contribution < -0.4 is 0 Å². The van der Waals surface area contributed by atoms with Gasteiger partial charge in [0.2, 0.25) is 5.89 Å². The molecule has 0 aromatic carbocycles. The number of thioether (sulfide) groups is 1. The van der Waals surface area contributed by atoms with Crippen LogP contribution in [0.5, 0.6) is 0 Å². The van der Waals surface area contributed by atoms with E-state index in [1.165, 1.54) is 0 Å². The van der Waals surface area contributed by atoms with E-state index in [0.29, 0.717) is 5.89 Å². The van der Waals surface area contributed by atoms with Crippen LogP contribution >= 0.6 is 23.1 Å². The van der Waals surface area contributed by atoms with Crippen molar-refractivity contribution < 1.29 is 9.52 Å². The predicted octanol–water partition coefficient (Wildman–Crippen LogP) is 3.02. The van der Waals surface area contributed by atoms with Crippen LogP contribution in [-0.4, -0.2) is 21.9 Å². The molecule has 5 heteroatoms. The van der Waals surface area contributed by atoms with Gasteiger partial charge in [-0.1, -0.05) is 13.0 Å². The fraction of sp³-hybridized carbons (Fsp3) is 0.364. The Kier molecular flexibility index (Phi) is 4.04. The summed E-state index contributed by atoms with van der Waals surface area (Å²) in [7, 11) is 0. The Bertz CT molecular complexity index is 425. The minimum atomic E-state index is 0.195. The van der Waals surface area contributed by atoms with Gasteiger partial charge < -0.3 is 9.52 Å². The lowest BCUT2D eigenvalue weighted by Gasteiger charge is -2.04. The van der Waals surface area contributed by atoms with Crippen LogP contribution in [0.4, 0.5) is 0 Å². The maximum atomic E-state index is 8.91. The number of thiophene rings is 1. The Morgan fingerprint density at radius 1 is 1.62 bits per heavy atom. The highest BCUT2D eigenvalue weighted by atomic mass is 32.2. The molecule has 2 heterocycles. The summed E-state index contributed by atoms with van der Waals surface area (Å²) in [5.74, 6) is 1.46. The summed E-state index contributed by atoms with van der Waals surface area (Å²) in [6.07, 6.45) is 1.69. The summed E-state index contributed by atoms with van der Waals surface area (Å²) in [5.41, 5.74) is 0.925. The van der Waals surface area contributed by atoms with Crippen molar-refractivity contribution in [1.82, 2.24) is 4.98 Å². The zero-order valence-corrected chi connectivity index (χ0v) is 10.6. The average Bonchev–Trinajstić information content (AvgIpc) is 2.95. The van der Waals surface area contributed by atoms with E-state index < -0.39 is 0 Å². The highest BCUT2D eigenvalue weighted by Crippen LogP contribution is 2.25. The van der Waals surface area contributed by atoms with Gasteiger partial charge in [-0.3, -0.25) is 0 Å². The van der Waals surface area contributed by atoms with Gasteiger partial charge in [0.05, 0.1) is 17.2 Å². The van der Waals surface area contributed by atoms with Gasteiger partial charge in [-0.2, -0.15) is 0 Å². The molecule has 0 bridgehead atoms. The third kappa shape index (κ3) is 2.87. The zero-order valence-electron chi connectivity index (χ0n) is 8.92. The van der Waals surface area contributed by atoms with Crippen LogP contribution in [-0.2, 0) is 5.75 Å². The number of aromatic nitrogens is 1. The fourth-order valence-electron chi connectivity index (χ4n) is 1.17. The van der Waals surface area contributed by atoms with E-state index in [0.717, 1.165) is 16.3 Å². The Labute approximate surface area is 103 Å². The van der Waals surface area contributed by atoms with Gasteiger partial charge in [0, 0.05) is 11.0 Å². The highest BCUT2D eigenvalue weighted by Gasteiger charge is 2.08. The van der Waals surface area contributed by atoms with Crippen molar-refractivity contribution in [2.45, 2.75) is 17.9 Å². The van der Waals surface area contributed by atoms with Crippen LogP contribution in [0.2, 0.25) is 0 Å². The molecule has 0 saturated carbocycles. The molecule has 2 rings (SSSR count). The van der Waals surface area contributed by atoms with Gasteiger partial charge in [0.25, 0.3) is 0 Å². The van der Waals surface area contributed by atoms with Crippen molar-refractivity contribution in [3.8, 4) is 10.8 Å². The van der Waals surface area contributed by atoms with Crippen LogP contribution in [0, 0.1) is 0 Å². The van der Waals surface area contributed by atoms with Crippen molar-refractivity contribution in [2.75, 3.05) is 6.61 Å². The molecule has 1 N–H and O–H groups in total. The Balaban J connectivity index is 1.98. The van der Waals surface area contributed by atoms with Gasteiger partial charge in [0.15, 0.2) is 0 Å². The molecule has 3 nitrogen and oxygen atoms in total. The second-order valence-corrected chi connectivity index (χ2v) is 5.80. The molecular weight excluding hydrogens is 242 g/mol. The first-order valence-electron chi connectivity index (χ1n) is 5.00. The molecule has 0 amide bonds. The molecule has 1 atom stereocenters. The Hall–Kier alpha value is -0.780. The number of aliphatic hydroxyl groups is 1. The normalized spacial score (nSPS) is 12.9. The number of nitrogens with zero attached hydrogens (tertiary/aromatic N) is 1. The molecule has 16 heavy (non-hydrogen) atoms. The smallest absolute Gasteiger partial charge is 0.236 e. The summed E-state index contributed by atoms with van der Waals surface area (Å²) < 4.78 is 5.40. The first-order chi connectivity index (χ1) is 7.79. The predicted molar refractivity (Wildman–Crippen MR) is 67.7 cm³/mol. The van der Waals surface area contributed by atoms with Crippen molar-refractivity contribution >= 4 is 23.1 Å². The standard InChI is InChI=1S/C11H13NO2S2/c1-8(5-13)16-7-9-6-14-11(12-9)10-3-2-4-15-10/h2-4,6,8,13H,5,7H2,1H3. The lowest BCUT2D eigenvalue weighted by atomic mass is 10.5. The molecule has 2 aromatic rings. The second kappa shape index (κ2) is 5.52. The average molecular weight is 255 g/mol. The van der Waals surface area contributed by atoms with Crippen LogP contribution in [0.3, 0.4) is 0 Å². The van der Waals surface area contributed by atoms with Gasteiger partial charge in [-0.25, -0.2) is 4.98 Å². The maximum absolute atomic E-state index is 8.91. The molecule has 0 spiro atoms. The van der Waals surface area contributed by atoms with Crippen molar-refractivity contribution in [3.05, 3.63) is 29.5 Å². The summed E-state index contributed by atoms with van der Waals surface area (Å²) in [6.45, 7) is 2.19. The number of rotatable bonds is 5. The van der Waals surface area contributed by atoms with Gasteiger partial charge in [-0.05, 0) is 11.4 Å². The van der Waals surface area contributed by atoms with Crippen molar-refractivity contribution in [1.29, 1.82) is 0 Å². The molecule has 1 unspecified atom stereocenters. The number of oxazole rings is 1. The van der Waals surface area contributed by atoms with E-state index in [9.17, 15) is 0 Å². The molecule has 0 aliphatic carbocycles. The summed E-state index contributed by atoms with van der Waals surface area (Å²) in [5, 5.41) is 11.1. The topological polar surface area (TPSA) is 46.3 Å². The first kappa shape index (κ1) is 11.7. The lowest BCUT2D eigenvalue weighted by Crippen LogP contribution is -2.02.